The van der Waals surface area contributed by atoms with E-state index in [0.717, 1.165) is 99.0 Å². The summed E-state index contributed by atoms with van der Waals surface area (Å²) in [5.74, 6) is 3.02. The summed E-state index contributed by atoms with van der Waals surface area (Å²) in [5.41, 5.74) is 3.12. The van der Waals surface area contributed by atoms with Gasteiger partial charge in [-0.15, -0.1) is 0 Å². The zero-order valence-electron chi connectivity index (χ0n) is 28.0. The number of likely N-dealkylation sites (tertiary alicyclic amines) is 2. The fraction of sp³-hybridized carbons (Fsp3) is 0.600. The van der Waals surface area contributed by atoms with Gasteiger partial charge in [0.15, 0.2) is 0 Å². The normalized spacial score (nSPS) is 17.4. The number of nitrogens with zero attached hydrogens (tertiary/aromatic N) is 6. The van der Waals surface area contributed by atoms with Gasteiger partial charge in [0, 0.05) is 50.6 Å². The van der Waals surface area contributed by atoms with E-state index < -0.39 is 0 Å². The van der Waals surface area contributed by atoms with Crippen molar-refractivity contribution >= 4 is 28.8 Å². The molecule has 3 aromatic rings. The molecule has 1 aromatic carbocycles. The van der Waals surface area contributed by atoms with Gasteiger partial charge in [0.05, 0.1) is 29.7 Å². The molecule has 3 fully saturated rings. The first-order chi connectivity index (χ1) is 21.6. The minimum atomic E-state index is 0.387. The van der Waals surface area contributed by atoms with Crippen molar-refractivity contribution in [3.05, 3.63) is 48.5 Å². The van der Waals surface area contributed by atoms with Gasteiger partial charge in [0.25, 0.3) is 0 Å². The number of amides is 1. The summed E-state index contributed by atoms with van der Waals surface area (Å²) < 4.78 is 6.08. The highest BCUT2D eigenvalue weighted by Gasteiger charge is 2.23. The molecule has 3 saturated heterocycles. The fourth-order valence-corrected chi connectivity index (χ4v) is 5.86. The zero-order valence-corrected chi connectivity index (χ0v) is 28.0. The number of nitrogens with one attached hydrogen (secondary N) is 1. The third kappa shape index (κ3) is 10.0. The summed E-state index contributed by atoms with van der Waals surface area (Å²) in [4.78, 5) is 30.9. The van der Waals surface area contributed by atoms with Crippen LogP contribution in [-0.2, 0) is 4.79 Å². The van der Waals surface area contributed by atoms with E-state index in [1.807, 2.05) is 58.0 Å². The van der Waals surface area contributed by atoms with Crippen LogP contribution in [0.2, 0.25) is 0 Å². The number of aromatic nitrogens is 3. The van der Waals surface area contributed by atoms with Crippen LogP contribution < -0.4 is 15.0 Å². The van der Waals surface area contributed by atoms with Crippen molar-refractivity contribution in [3.63, 3.8) is 0 Å². The van der Waals surface area contributed by atoms with Gasteiger partial charge in [-0.05, 0) is 88.8 Å². The quantitative estimate of drug-likeness (QED) is 0.307. The molecule has 0 atom stereocenters. The van der Waals surface area contributed by atoms with Gasteiger partial charge < -0.3 is 24.8 Å². The Morgan fingerprint density at radius 2 is 1.59 bits per heavy atom. The number of benzene rings is 1. The molecule has 9 heteroatoms. The van der Waals surface area contributed by atoms with Crippen LogP contribution in [0.1, 0.15) is 77.8 Å². The van der Waals surface area contributed by atoms with E-state index in [1.54, 1.807) is 6.33 Å². The molecule has 44 heavy (non-hydrogen) atoms. The number of hydrogen-bond donors (Lipinski definition) is 1. The molecule has 0 bridgehead atoms. The second-order valence-corrected chi connectivity index (χ2v) is 11.3. The Morgan fingerprint density at radius 1 is 0.886 bits per heavy atom. The van der Waals surface area contributed by atoms with Crippen LogP contribution in [0.5, 0.6) is 5.75 Å². The summed E-state index contributed by atoms with van der Waals surface area (Å²) >= 11 is 0. The minimum absolute atomic E-state index is 0.387. The zero-order chi connectivity index (χ0) is 31.7. The van der Waals surface area contributed by atoms with Crippen molar-refractivity contribution in [3.8, 4) is 5.75 Å². The molecule has 0 unspecified atom stereocenters. The lowest BCUT2D eigenvalue weighted by atomic mass is 9.91. The number of anilines is 2. The van der Waals surface area contributed by atoms with Gasteiger partial charge in [0.2, 0.25) is 6.41 Å². The maximum atomic E-state index is 10.9. The predicted octanol–water partition coefficient (Wildman–Crippen LogP) is 6.46. The van der Waals surface area contributed by atoms with Crippen LogP contribution in [0.3, 0.4) is 0 Å². The standard InChI is InChI=1S/C21H28N4O2.C10H15N3.2C2H6/c1-24-8-4-16(5-9-24)13-27-18-2-3-19-20(12-18)22-14-23-21(19)17-6-10-25(15-26)11-7-17;1-11-9-4-5-10(12-8-9)13-6-2-3-7-13;2*1-2/h2-3,12,14-17H,4-11,13H2,1H3;4-5,8,11H,2-3,6-7H2,1H3;2*1-2H3. The number of carbonyl (C=O) groups excluding carboxylic acids is 1. The molecule has 242 valence electrons. The van der Waals surface area contributed by atoms with Gasteiger partial charge in [-0.25, -0.2) is 15.0 Å². The topological polar surface area (TPSA) is 86.7 Å². The first-order valence-electron chi connectivity index (χ1n) is 16.8. The molecule has 3 aliphatic heterocycles. The number of rotatable bonds is 7. The Morgan fingerprint density at radius 3 is 2.20 bits per heavy atom. The second kappa shape index (κ2) is 19.0. The summed E-state index contributed by atoms with van der Waals surface area (Å²) in [6.07, 6.45) is 11.4. The second-order valence-electron chi connectivity index (χ2n) is 11.3. The highest BCUT2D eigenvalue weighted by Crippen LogP contribution is 2.32. The predicted molar refractivity (Wildman–Crippen MR) is 183 cm³/mol. The lowest BCUT2D eigenvalue weighted by Gasteiger charge is -2.29. The average molecular weight is 606 g/mol. The largest absolute Gasteiger partial charge is 0.493 e. The maximum Gasteiger partial charge on any atom is 0.209 e. The molecule has 0 aliphatic carbocycles. The molecule has 1 N–H and O–H groups in total. The summed E-state index contributed by atoms with van der Waals surface area (Å²) in [6.45, 7) is 15.0. The Hall–Kier alpha value is -3.46. The lowest BCUT2D eigenvalue weighted by molar-refractivity contribution is -0.119. The molecule has 0 saturated carbocycles. The van der Waals surface area contributed by atoms with Crippen LogP contribution in [0.25, 0.3) is 10.9 Å². The Labute approximate surface area is 265 Å². The summed E-state index contributed by atoms with van der Waals surface area (Å²) in [5, 5.41) is 4.17. The van der Waals surface area contributed by atoms with Crippen molar-refractivity contribution < 1.29 is 9.53 Å². The number of carbonyl (C=O) groups is 1. The Bertz CT molecular complexity index is 1220. The van der Waals surface area contributed by atoms with E-state index in [4.69, 9.17) is 4.74 Å². The highest BCUT2D eigenvalue weighted by molar-refractivity contribution is 5.82. The van der Waals surface area contributed by atoms with Gasteiger partial charge in [-0.2, -0.15) is 0 Å². The highest BCUT2D eigenvalue weighted by atomic mass is 16.5. The number of ether oxygens (including phenoxy) is 1. The molecule has 3 aliphatic rings. The van der Waals surface area contributed by atoms with Gasteiger partial charge >= 0.3 is 0 Å². The molecular weight excluding hydrogens is 550 g/mol. The van der Waals surface area contributed by atoms with E-state index in [-0.39, 0.29) is 0 Å². The van der Waals surface area contributed by atoms with Crippen molar-refractivity contribution in [1.29, 1.82) is 0 Å². The maximum absolute atomic E-state index is 10.9. The minimum Gasteiger partial charge on any atom is -0.493 e. The van der Waals surface area contributed by atoms with Crippen LogP contribution in [0, 0.1) is 5.92 Å². The monoisotopic (exact) mass is 605 g/mol. The van der Waals surface area contributed by atoms with Crippen LogP contribution in [-0.4, -0.2) is 91.1 Å². The number of piperidine rings is 2. The third-order valence-electron chi connectivity index (χ3n) is 8.49. The Balaban J connectivity index is 0.000000260. The molecule has 2 aromatic heterocycles. The van der Waals surface area contributed by atoms with Crippen LogP contribution in [0.15, 0.2) is 42.9 Å². The third-order valence-corrected chi connectivity index (χ3v) is 8.49. The Kier molecular flexibility index (Phi) is 15.2. The number of fused-ring (bicyclic) bond motifs is 1. The fourth-order valence-electron chi connectivity index (χ4n) is 5.86. The van der Waals surface area contributed by atoms with Crippen molar-refractivity contribution in [1.82, 2.24) is 24.8 Å². The van der Waals surface area contributed by atoms with E-state index >= 15 is 0 Å². The van der Waals surface area contributed by atoms with E-state index in [0.29, 0.717) is 11.8 Å². The van der Waals surface area contributed by atoms with Crippen molar-refractivity contribution in [2.45, 2.75) is 72.1 Å². The van der Waals surface area contributed by atoms with E-state index in [2.05, 4.69) is 55.3 Å². The van der Waals surface area contributed by atoms with Crippen LogP contribution >= 0.6 is 0 Å². The smallest absolute Gasteiger partial charge is 0.209 e. The SMILES string of the molecule is CC.CC.CN1CCC(COc2ccc3c(C4CCN(C=O)CC4)ncnc3c2)CC1.CNc1ccc(N2CCCC2)nc1. The average Bonchev–Trinajstić information content (AvgIpc) is 3.65. The van der Waals surface area contributed by atoms with E-state index in [9.17, 15) is 4.79 Å². The summed E-state index contributed by atoms with van der Waals surface area (Å²) in [6, 6.07) is 10.3. The van der Waals surface area contributed by atoms with Gasteiger partial charge in [-0.1, -0.05) is 27.7 Å². The van der Waals surface area contributed by atoms with Crippen molar-refractivity contribution in [2.24, 2.45) is 5.92 Å². The molecule has 0 spiro atoms. The number of pyridine rings is 1. The van der Waals surface area contributed by atoms with Gasteiger partial charge in [-0.3, -0.25) is 4.79 Å². The van der Waals surface area contributed by atoms with Crippen LogP contribution in [0.4, 0.5) is 11.5 Å². The number of hydrogen-bond acceptors (Lipinski definition) is 8. The molecule has 9 nitrogen and oxygen atoms in total. The lowest BCUT2D eigenvalue weighted by Crippen LogP contribution is -2.32. The first kappa shape index (κ1) is 35.0. The molecule has 0 radical (unpaired) electrons. The molecule has 6 rings (SSSR count). The van der Waals surface area contributed by atoms with Crippen molar-refractivity contribution in [2.75, 3.05) is 70.2 Å². The first-order valence-corrected chi connectivity index (χ1v) is 16.8. The molecule has 5 heterocycles. The molecular formula is C35H55N7O2. The summed E-state index contributed by atoms with van der Waals surface area (Å²) in [7, 11) is 4.09. The van der Waals surface area contributed by atoms with E-state index in [1.165, 1.54) is 25.7 Å². The van der Waals surface area contributed by atoms with Gasteiger partial charge in [0.1, 0.15) is 17.9 Å². The molecule has 1 amide bonds.